The molecule has 0 fully saturated rings. The first kappa shape index (κ1) is 20.0. The molecule has 0 saturated heterocycles. The molecule has 0 unspecified atom stereocenters. The molecule has 0 amide bonds. The summed E-state index contributed by atoms with van der Waals surface area (Å²) >= 11 is 0. The zero-order valence-corrected chi connectivity index (χ0v) is 16.1. The summed E-state index contributed by atoms with van der Waals surface area (Å²) < 4.78 is 0. The maximum atomic E-state index is 4.86. The van der Waals surface area contributed by atoms with E-state index >= 15 is 0 Å². The monoisotopic (exact) mass is 355 g/mol. The van der Waals surface area contributed by atoms with Crippen LogP contribution in [0.1, 0.15) is 26.5 Å². The van der Waals surface area contributed by atoms with Gasteiger partial charge in [0.1, 0.15) is 0 Å². The van der Waals surface area contributed by atoms with E-state index in [2.05, 4.69) is 28.7 Å². The highest BCUT2D eigenvalue weighted by Crippen LogP contribution is 2.28. The fourth-order valence-electron chi connectivity index (χ4n) is 2.59. The van der Waals surface area contributed by atoms with Crippen LogP contribution in [-0.4, -0.2) is 15.0 Å². The van der Waals surface area contributed by atoms with E-state index in [1.54, 1.807) is 30.9 Å². The summed E-state index contributed by atoms with van der Waals surface area (Å²) in [5.41, 5.74) is 6.06. The summed E-state index contributed by atoms with van der Waals surface area (Å²) in [6, 6.07) is 12.1. The van der Waals surface area contributed by atoms with Crippen molar-refractivity contribution in [2.75, 3.05) is 0 Å². The number of hydrogen-bond donors (Lipinski definition) is 0. The molecule has 3 heterocycles. The lowest BCUT2D eigenvalue weighted by Gasteiger charge is -2.10. The van der Waals surface area contributed by atoms with Crippen molar-refractivity contribution < 1.29 is 0 Å². The number of pyridine rings is 3. The minimum absolute atomic E-state index is 0.902. The second-order valence-corrected chi connectivity index (χ2v) is 5.46. The van der Waals surface area contributed by atoms with E-state index in [-0.39, 0.29) is 0 Å². The van der Waals surface area contributed by atoms with E-state index in [9.17, 15) is 0 Å². The lowest BCUT2D eigenvalue weighted by atomic mass is 10.0. The third-order valence-corrected chi connectivity index (χ3v) is 3.75. The van der Waals surface area contributed by atoms with Gasteiger partial charge in [-0.2, -0.15) is 0 Å². The molecule has 3 aromatic heterocycles. The third-order valence-electron chi connectivity index (χ3n) is 3.75. The molecule has 0 bridgehead atoms. The highest BCUT2D eigenvalue weighted by Gasteiger charge is 2.09. The van der Waals surface area contributed by atoms with E-state index in [1.165, 1.54) is 0 Å². The summed E-state index contributed by atoms with van der Waals surface area (Å²) in [5.74, 6) is 0. The van der Waals surface area contributed by atoms with Crippen LogP contribution in [0.5, 0.6) is 0 Å². The van der Waals surface area contributed by atoms with Gasteiger partial charge in [-0.05, 0) is 60.0 Å². The summed E-state index contributed by atoms with van der Waals surface area (Å²) in [5, 5.41) is 0. The van der Waals surface area contributed by atoms with Gasteiger partial charge in [-0.1, -0.05) is 44.7 Å². The SMILES string of the molecule is C=C/C=C(\C=C/C)c1cc(-c2ccncc2)cc(-c2ccncc2)n1.CC. The minimum atomic E-state index is 0.902. The average Bonchev–Trinajstić information content (AvgIpc) is 2.76. The number of nitrogens with zero attached hydrogens (tertiary/aromatic N) is 3. The molecule has 3 aromatic rings. The van der Waals surface area contributed by atoms with Gasteiger partial charge in [0, 0.05) is 30.4 Å². The summed E-state index contributed by atoms with van der Waals surface area (Å²) in [4.78, 5) is 13.1. The molecule has 3 heteroatoms. The summed E-state index contributed by atoms with van der Waals surface area (Å²) in [6.07, 6.45) is 14.9. The first-order valence-corrected chi connectivity index (χ1v) is 9.10. The zero-order chi connectivity index (χ0) is 19.5. The Morgan fingerprint density at radius 3 is 2.00 bits per heavy atom. The molecule has 136 valence electrons. The van der Waals surface area contributed by atoms with Gasteiger partial charge in [0.2, 0.25) is 0 Å². The normalized spacial score (nSPS) is 11.0. The van der Waals surface area contributed by atoms with Gasteiger partial charge < -0.3 is 0 Å². The molecule has 0 aromatic carbocycles. The van der Waals surface area contributed by atoms with Crippen molar-refractivity contribution in [3.05, 3.63) is 97.8 Å². The van der Waals surface area contributed by atoms with Crippen molar-refractivity contribution >= 4 is 5.57 Å². The van der Waals surface area contributed by atoms with Gasteiger partial charge >= 0.3 is 0 Å². The summed E-state index contributed by atoms with van der Waals surface area (Å²) in [6.45, 7) is 9.81. The quantitative estimate of drug-likeness (QED) is 0.499. The van der Waals surface area contributed by atoms with Crippen LogP contribution in [0.15, 0.2) is 92.1 Å². The van der Waals surface area contributed by atoms with Crippen LogP contribution < -0.4 is 0 Å². The molecule has 0 aliphatic heterocycles. The predicted octanol–water partition coefficient (Wildman–Crippen LogP) is 6.38. The average molecular weight is 355 g/mol. The number of aromatic nitrogens is 3. The standard InChI is InChI=1S/C22H19N3.C2H6/c1-3-5-18(6-4-2)21-15-20(17-7-11-23-12-8-17)16-22(25-21)19-9-13-24-14-10-19;1-2/h3-16H,1H2,2H3;1-2H3/b6-4-,18-5+;. The van der Waals surface area contributed by atoms with Gasteiger partial charge in [-0.15, -0.1) is 0 Å². The van der Waals surface area contributed by atoms with Crippen molar-refractivity contribution in [3.63, 3.8) is 0 Å². The smallest absolute Gasteiger partial charge is 0.0716 e. The highest BCUT2D eigenvalue weighted by molar-refractivity contribution is 5.79. The van der Waals surface area contributed by atoms with Crippen molar-refractivity contribution in [1.29, 1.82) is 0 Å². The van der Waals surface area contributed by atoms with Crippen molar-refractivity contribution in [1.82, 2.24) is 15.0 Å². The molecule has 0 aliphatic rings. The molecule has 0 atom stereocenters. The Morgan fingerprint density at radius 2 is 1.44 bits per heavy atom. The highest BCUT2D eigenvalue weighted by atomic mass is 14.7. The molecule has 3 rings (SSSR count). The number of rotatable bonds is 5. The second-order valence-electron chi connectivity index (χ2n) is 5.46. The Morgan fingerprint density at radius 1 is 0.852 bits per heavy atom. The Bertz CT molecular complexity index is 853. The maximum absolute atomic E-state index is 4.86. The van der Waals surface area contributed by atoms with E-state index in [4.69, 9.17) is 4.98 Å². The molecule has 3 nitrogen and oxygen atoms in total. The van der Waals surface area contributed by atoms with Crippen LogP contribution in [0.2, 0.25) is 0 Å². The van der Waals surface area contributed by atoms with Crippen LogP contribution in [0.25, 0.3) is 28.0 Å². The van der Waals surface area contributed by atoms with Crippen LogP contribution in [-0.2, 0) is 0 Å². The zero-order valence-electron chi connectivity index (χ0n) is 16.1. The Balaban J connectivity index is 0.00000126. The van der Waals surface area contributed by atoms with E-state index in [1.807, 2.05) is 63.3 Å². The number of hydrogen-bond acceptors (Lipinski definition) is 3. The van der Waals surface area contributed by atoms with Gasteiger partial charge in [0.05, 0.1) is 11.4 Å². The van der Waals surface area contributed by atoms with Crippen LogP contribution >= 0.6 is 0 Å². The Kier molecular flexibility index (Phi) is 7.86. The molecule has 0 N–H and O–H groups in total. The molecule has 0 radical (unpaired) electrons. The lowest BCUT2D eigenvalue weighted by molar-refractivity contribution is 1.26. The van der Waals surface area contributed by atoms with E-state index < -0.39 is 0 Å². The van der Waals surface area contributed by atoms with Crippen LogP contribution in [0.3, 0.4) is 0 Å². The van der Waals surface area contributed by atoms with Crippen molar-refractivity contribution in [2.24, 2.45) is 0 Å². The molecule has 0 spiro atoms. The van der Waals surface area contributed by atoms with Crippen molar-refractivity contribution in [2.45, 2.75) is 20.8 Å². The second kappa shape index (κ2) is 10.6. The van der Waals surface area contributed by atoms with Gasteiger partial charge in [0.25, 0.3) is 0 Å². The topological polar surface area (TPSA) is 38.7 Å². The first-order valence-electron chi connectivity index (χ1n) is 9.10. The third kappa shape index (κ3) is 5.32. The fraction of sp³-hybridized carbons (Fsp3) is 0.125. The van der Waals surface area contributed by atoms with Crippen LogP contribution in [0.4, 0.5) is 0 Å². The Labute approximate surface area is 161 Å². The van der Waals surface area contributed by atoms with Crippen molar-refractivity contribution in [3.8, 4) is 22.4 Å². The van der Waals surface area contributed by atoms with Gasteiger partial charge in [0.15, 0.2) is 0 Å². The Hall–Kier alpha value is -3.33. The van der Waals surface area contributed by atoms with Crippen LogP contribution in [0, 0.1) is 0 Å². The predicted molar refractivity (Wildman–Crippen MR) is 115 cm³/mol. The molecule has 0 saturated carbocycles. The fourth-order valence-corrected chi connectivity index (χ4v) is 2.59. The maximum Gasteiger partial charge on any atom is 0.0716 e. The molecular weight excluding hydrogens is 330 g/mol. The number of allylic oxidation sites excluding steroid dienone is 5. The molecule has 0 aliphatic carbocycles. The lowest BCUT2D eigenvalue weighted by Crippen LogP contribution is -1.94. The first-order chi connectivity index (χ1) is 13.3. The summed E-state index contributed by atoms with van der Waals surface area (Å²) in [7, 11) is 0. The molecular formula is C24H25N3. The molecule has 27 heavy (non-hydrogen) atoms. The van der Waals surface area contributed by atoms with Gasteiger partial charge in [-0.3, -0.25) is 9.97 Å². The van der Waals surface area contributed by atoms with E-state index in [0.29, 0.717) is 0 Å². The van der Waals surface area contributed by atoms with Gasteiger partial charge in [-0.25, -0.2) is 4.98 Å². The largest absolute Gasteiger partial charge is 0.265 e. The minimum Gasteiger partial charge on any atom is -0.265 e. The van der Waals surface area contributed by atoms with E-state index in [0.717, 1.165) is 33.7 Å².